The number of fused-ring (bicyclic) bond motifs is 1. The molecule has 0 radical (unpaired) electrons. The van der Waals surface area contributed by atoms with Crippen molar-refractivity contribution in [1.82, 2.24) is 19.7 Å². The quantitative estimate of drug-likeness (QED) is 0.437. The molecule has 0 atom stereocenters. The predicted octanol–water partition coefficient (Wildman–Crippen LogP) is 4.73. The Morgan fingerprint density at radius 2 is 1.70 bits per heavy atom. The molecule has 0 N–H and O–H groups in total. The molecule has 1 aliphatic rings. The molecule has 0 saturated carbocycles. The summed E-state index contributed by atoms with van der Waals surface area (Å²) in [6.07, 6.45) is 0.681. The Morgan fingerprint density at radius 1 is 0.970 bits per heavy atom. The fourth-order valence-electron chi connectivity index (χ4n) is 4.10. The number of benzene rings is 2. The van der Waals surface area contributed by atoms with Crippen LogP contribution in [-0.4, -0.2) is 51.8 Å². The van der Waals surface area contributed by atoms with Gasteiger partial charge in [0.1, 0.15) is 17.2 Å². The lowest BCUT2D eigenvalue weighted by Crippen LogP contribution is -2.36. The van der Waals surface area contributed by atoms with E-state index < -0.39 is 23.1 Å². The topological polar surface area (TPSA) is 54.3 Å². The van der Waals surface area contributed by atoms with Crippen molar-refractivity contribution in [2.24, 2.45) is 0 Å². The SMILES string of the molecule is Cc1ccc(-n2nc(C)c3sc(N4CCCN(C(=O)c5c(F)cccc5F)CC4)nc32)cc1. The summed E-state index contributed by atoms with van der Waals surface area (Å²) < 4.78 is 31.1. The molecule has 1 fully saturated rings. The molecule has 9 heteroatoms. The molecule has 3 heterocycles. The minimum Gasteiger partial charge on any atom is -0.346 e. The first-order chi connectivity index (χ1) is 15.9. The number of halogens is 2. The number of aromatic nitrogens is 3. The van der Waals surface area contributed by atoms with Crippen LogP contribution in [0.15, 0.2) is 42.5 Å². The third-order valence-corrected chi connectivity index (χ3v) is 7.10. The average Bonchev–Trinajstić information content (AvgIpc) is 3.25. The van der Waals surface area contributed by atoms with Crippen molar-refractivity contribution >= 4 is 32.7 Å². The molecule has 2 aromatic carbocycles. The molecule has 4 aromatic rings. The maximum Gasteiger partial charge on any atom is 0.259 e. The fourth-order valence-corrected chi connectivity index (χ4v) is 5.13. The Hall–Kier alpha value is -3.33. The van der Waals surface area contributed by atoms with E-state index in [1.165, 1.54) is 16.5 Å². The normalized spacial score (nSPS) is 14.7. The highest BCUT2D eigenvalue weighted by atomic mass is 32.1. The van der Waals surface area contributed by atoms with Gasteiger partial charge < -0.3 is 9.80 Å². The summed E-state index contributed by atoms with van der Waals surface area (Å²) in [6.45, 7) is 6.06. The molecule has 0 aliphatic carbocycles. The van der Waals surface area contributed by atoms with Crippen LogP contribution < -0.4 is 4.90 Å². The molecule has 170 valence electrons. The number of amides is 1. The Labute approximate surface area is 194 Å². The third-order valence-electron chi connectivity index (χ3n) is 5.89. The molecule has 0 bridgehead atoms. The van der Waals surface area contributed by atoms with Crippen LogP contribution in [0.5, 0.6) is 0 Å². The van der Waals surface area contributed by atoms with E-state index >= 15 is 0 Å². The van der Waals surface area contributed by atoms with Crippen LogP contribution in [0.4, 0.5) is 13.9 Å². The molecule has 33 heavy (non-hydrogen) atoms. The van der Waals surface area contributed by atoms with Crippen LogP contribution in [0.25, 0.3) is 16.0 Å². The van der Waals surface area contributed by atoms with E-state index in [1.807, 2.05) is 42.8 Å². The van der Waals surface area contributed by atoms with Crippen molar-refractivity contribution < 1.29 is 13.6 Å². The number of hydrogen-bond acceptors (Lipinski definition) is 5. The van der Waals surface area contributed by atoms with E-state index in [0.29, 0.717) is 32.6 Å². The number of hydrogen-bond donors (Lipinski definition) is 0. The minimum absolute atomic E-state index is 0.367. The molecular formula is C24H23F2N5OS. The molecule has 5 rings (SSSR count). The Bertz CT molecular complexity index is 1310. The molecule has 0 unspecified atom stereocenters. The maximum absolute atomic E-state index is 14.1. The zero-order valence-corrected chi connectivity index (χ0v) is 19.2. The lowest BCUT2D eigenvalue weighted by atomic mass is 10.1. The van der Waals surface area contributed by atoms with E-state index in [0.717, 1.165) is 39.0 Å². The third kappa shape index (κ3) is 3.97. The number of aryl methyl sites for hydroxylation is 2. The van der Waals surface area contributed by atoms with Gasteiger partial charge in [0.2, 0.25) is 0 Å². The summed E-state index contributed by atoms with van der Waals surface area (Å²) in [5.41, 5.74) is 3.37. The second-order valence-corrected chi connectivity index (χ2v) is 9.19. The highest BCUT2D eigenvalue weighted by molar-refractivity contribution is 7.22. The monoisotopic (exact) mass is 467 g/mol. The lowest BCUT2D eigenvalue weighted by Gasteiger charge is -2.22. The summed E-state index contributed by atoms with van der Waals surface area (Å²) in [7, 11) is 0. The smallest absolute Gasteiger partial charge is 0.259 e. The van der Waals surface area contributed by atoms with E-state index in [-0.39, 0.29) is 0 Å². The van der Waals surface area contributed by atoms with Gasteiger partial charge in [-0.25, -0.2) is 13.5 Å². The van der Waals surface area contributed by atoms with Crippen LogP contribution >= 0.6 is 11.3 Å². The highest BCUT2D eigenvalue weighted by Crippen LogP contribution is 2.33. The first-order valence-electron chi connectivity index (χ1n) is 10.8. The Balaban J connectivity index is 1.38. The van der Waals surface area contributed by atoms with Crippen molar-refractivity contribution in [1.29, 1.82) is 0 Å². The summed E-state index contributed by atoms with van der Waals surface area (Å²) in [5, 5.41) is 5.52. The zero-order chi connectivity index (χ0) is 23.1. The van der Waals surface area contributed by atoms with Gasteiger partial charge in [-0.05, 0) is 44.5 Å². The van der Waals surface area contributed by atoms with E-state index in [4.69, 9.17) is 4.98 Å². The first-order valence-corrected chi connectivity index (χ1v) is 11.7. The van der Waals surface area contributed by atoms with Gasteiger partial charge in [0.05, 0.1) is 16.1 Å². The number of rotatable bonds is 3. The van der Waals surface area contributed by atoms with Crippen molar-refractivity contribution in [3.05, 3.63) is 70.9 Å². The Morgan fingerprint density at radius 3 is 2.42 bits per heavy atom. The number of anilines is 1. The van der Waals surface area contributed by atoms with Gasteiger partial charge in [-0.2, -0.15) is 10.1 Å². The van der Waals surface area contributed by atoms with E-state index in [2.05, 4.69) is 10.00 Å². The van der Waals surface area contributed by atoms with E-state index in [9.17, 15) is 13.6 Å². The van der Waals surface area contributed by atoms with E-state index in [1.54, 1.807) is 11.3 Å². The molecule has 1 aliphatic heterocycles. The standard InChI is InChI=1S/C24H23F2N5OS/c1-15-7-9-17(10-8-15)31-22-21(16(2)28-31)33-24(27-22)30-12-4-11-29(13-14-30)23(32)20-18(25)5-3-6-19(20)26/h3,5-10H,4,11-14H2,1-2H3. The maximum atomic E-state index is 14.1. The number of thiazole rings is 1. The largest absolute Gasteiger partial charge is 0.346 e. The van der Waals surface area contributed by atoms with Crippen molar-refractivity contribution in [2.45, 2.75) is 20.3 Å². The first kappa shape index (κ1) is 21.5. The number of nitrogens with zero attached hydrogens (tertiary/aromatic N) is 5. The van der Waals surface area contributed by atoms with Gasteiger partial charge in [0, 0.05) is 26.2 Å². The van der Waals surface area contributed by atoms with Gasteiger partial charge in [-0.1, -0.05) is 35.1 Å². The second-order valence-electron chi connectivity index (χ2n) is 8.21. The van der Waals surface area contributed by atoms with Gasteiger partial charge in [-0.3, -0.25) is 4.79 Å². The summed E-state index contributed by atoms with van der Waals surface area (Å²) in [6, 6.07) is 11.6. The molecule has 1 amide bonds. The average molecular weight is 468 g/mol. The summed E-state index contributed by atoms with van der Waals surface area (Å²) >= 11 is 1.58. The molecule has 6 nitrogen and oxygen atoms in total. The minimum atomic E-state index is -0.830. The van der Waals surface area contributed by atoms with Crippen molar-refractivity contribution in [2.75, 3.05) is 31.1 Å². The van der Waals surface area contributed by atoms with Crippen LogP contribution in [-0.2, 0) is 0 Å². The Kier molecular flexibility index (Phi) is 5.57. The summed E-state index contributed by atoms with van der Waals surface area (Å²) in [5.74, 6) is -2.27. The predicted molar refractivity (Wildman–Crippen MR) is 125 cm³/mol. The van der Waals surface area contributed by atoms with Gasteiger partial charge >= 0.3 is 0 Å². The van der Waals surface area contributed by atoms with Gasteiger partial charge in [0.25, 0.3) is 5.91 Å². The van der Waals surface area contributed by atoms with Gasteiger partial charge in [-0.15, -0.1) is 0 Å². The summed E-state index contributed by atoms with van der Waals surface area (Å²) in [4.78, 5) is 21.3. The number of carbonyl (C=O) groups excluding carboxylic acids is 1. The van der Waals surface area contributed by atoms with Crippen LogP contribution in [0.3, 0.4) is 0 Å². The fraction of sp³-hybridized carbons (Fsp3) is 0.292. The molecule has 0 spiro atoms. The van der Waals surface area contributed by atoms with Gasteiger partial charge in [0.15, 0.2) is 10.8 Å². The van der Waals surface area contributed by atoms with Crippen LogP contribution in [0, 0.1) is 25.5 Å². The van der Waals surface area contributed by atoms with Crippen LogP contribution in [0.2, 0.25) is 0 Å². The van der Waals surface area contributed by atoms with Crippen molar-refractivity contribution in [3.8, 4) is 5.69 Å². The van der Waals surface area contributed by atoms with Crippen LogP contribution in [0.1, 0.15) is 28.0 Å². The molecule has 1 saturated heterocycles. The number of carbonyl (C=O) groups is 1. The lowest BCUT2D eigenvalue weighted by molar-refractivity contribution is 0.0757. The zero-order valence-electron chi connectivity index (χ0n) is 18.4. The van der Waals surface area contributed by atoms with Crippen molar-refractivity contribution in [3.63, 3.8) is 0 Å². The molecule has 2 aromatic heterocycles. The molecular weight excluding hydrogens is 444 g/mol. The second kappa shape index (κ2) is 8.55. The highest BCUT2D eigenvalue weighted by Gasteiger charge is 2.27.